The molecule has 0 amide bonds. The van der Waals surface area contributed by atoms with Crippen LogP contribution in [0, 0.1) is 6.92 Å². The zero-order chi connectivity index (χ0) is 11.8. The second kappa shape index (κ2) is 4.09. The number of benzene rings is 1. The highest BCUT2D eigenvalue weighted by Gasteiger charge is 2.18. The maximum Gasteiger partial charge on any atom is 0.175 e. The molecule has 4 heteroatoms. The summed E-state index contributed by atoms with van der Waals surface area (Å²) >= 11 is 0. The molecule has 0 radical (unpaired) electrons. The number of hydrogen-bond acceptors (Lipinski definition) is 3. The van der Waals surface area contributed by atoms with Crippen LogP contribution in [0.3, 0.4) is 0 Å². The van der Waals surface area contributed by atoms with Crippen LogP contribution in [0.5, 0.6) is 0 Å². The van der Waals surface area contributed by atoms with Gasteiger partial charge in [-0.15, -0.1) is 0 Å². The molecule has 1 aliphatic carbocycles. The Bertz CT molecular complexity index is 490. The number of sulfone groups is 1. The Morgan fingerprint density at radius 2 is 2.00 bits per heavy atom. The van der Waals surface area contributed by atoms with E-state index in [-0.39, 0.29) is 0 Å². The maximum absolute atomic E-state index is 11.5. The Morgan fingerprint density at radius 3 is 2.50 bits per heavy atom. The highest BCUT2D eigenvalue weighted by molar-refractivity contribution is 7.90. The minimum Gasteiger partial charge on any atom is -0.382 e. The average Bonchev–Trinajstić information content (AvgIpc) is 2.12. The summed E-state index contributed by atoms with van der Waals surface area (Å²) in [6.07, 6.45) is 4.88. The van der Waals surface area contributed by atoms with Gasteiger partial charge >= 0.3 is 0 Å². The largest absolute Gasteiger partial charge is 0.382 e. The van der Waals surface area contributed by atoms with Crippen LogP contribution in [0.25, 0.3) is 0 Å². The molecule has 1 aromatic rings. The highest BCUT2D eigenvalue weighted by atomic mass is 32.2. The summed E-state index contributed by atoms with van der Waals surface area (Å²) in [5, 5.41) is 3.35. The third-order valence-corrected chi connectivity index (χ3v) is 4.30. The number of hydrogen-bond donors (Lipinski definition) is 1. The monoisotopic (exact) mass is 239 g/mol. The molecule has 1 aliphatic rings. The lowest BCUT2D eigenvalue weighted by molar-refractivity contribution is 0.445. The van der Waals surface area contributed by atoms with E-state index in [4.69, 9.17) is 0 Å². The third kappa shape index (κ3) is 2.38. The van der Waals surface area contributed by atoms with Crippen molar-refractivity contribution in [3.05, 3.63) is 23.8 Å². The summed E-state index contributed by atoms with van der Waals surface area (Å²) in [5.41, 5.74) is 1.72. The van der Waals surface area contributed by atoms with E-state index in [9.17, 15) is 8.42 Å². The van der Waals surface area contributed by atoms with Gasteiger partial charge in [0, 0.05) is 18.0 Å². The van der Waals surface area contributed by atoms with Gasteiger partial charge in [-0.3, -0.25) is 0 Å². The Labute approximate surface area is 96.8 Å². The number of anilines is 1. The Hall–Kier alpha value is -1.03. The fraction of sp³-hybridized carbons (Fsp3) is 0.500. The normalized spacial score (nSPS) is 16.9. The summed E-state index contributed by atoms with van der Waals surface area (Å²) in [6, 6.07) is 6.07. The second-order valence-electron chi connectivity index (χ2n) is 4.52. The molecule has 16 heavy (non-hydrogen) atoms. The lowest BCUT2D eigenvalue weighted by Crippen LogP contribution is -2.27. The van der Waals surface area contributed by atoms with Crippen LogP contribution in [0.4, 0.5) is 5.69 Å². The molecule has 0 spiro atoms. The minimum atomic E-state index is -3.12. The van der Waals surface area contributed by atoms with E-state index in [2.05, 4.69) is 5.32 Å². The van der Waals surface area contributed by atoms with Gasteiger partial charge in [0.15, 0.2) is 9.84 Å². The zero-order valence-electron chi connectivity index (χ0n) is 9.66. The van der Waals surface area contributed by atoms with E-state index in [0.717, 1.165) is 11.3 Å². The maximum atomic E-state index is 11.5. The van der Waals surface area contributed by atoms with Gasteiger partial charge in [0.2, 0.25) is 0 Å². The fourth-order valence-corrected chi connectivity index (χ4v) is 2.87. The van der Waals surface area contributed by atoms with Gasteiger partial charge in [0.1, 0.15) is 0 Å². The molecule has 2 rings (SSSR count). The van der Waals surface area contributed by atoms with E-state index in [0.29, 0.717) is 10.9 Å². The van der Waals surface area contributed by atoms with Crippen molar-refractivity contribution < 1.29 is 8.42 Å². The molecular formula is C12H17NO2S. The third-order valence-electron chi connectivity index (χ3n) is 3.06. The van der Waals surface area contributed by atoms with Crippen molar-refractivity contribution >= 4 is 15.5 Å². The van der Waals surface area contributed by atoms with Crippen LogP contribution in [0.15, 0.2) is 23.1 Å². The van der Waals surface area contributed by atoms with Gasteiger partial charge in [0.25, 0.3) is 0 Å². The molecule has 0 bridgehead atoms. The zero-order valence-corrected chi connectivity index (χ0v) is 10.5. The molecule has 1 fully saturated rings. The second-order valence-corrected chi connectivity index (χ2v) is 6.51. The predicted molar refractivity (Wildman–Crippen MR) is 65.6 cm³/mol. The van der Waals surface area contributed by atoms with Crippen LogP contribution < -0.4 is 5.32 Å². The molecule has 1 saturated carbocycles. The van der Waals surface area contributed by atoms with Gasteiger partial charge < -0.3 is 5.32 Å². The van der Waals surface area contributed by atoms with Gasteiger partial charge in [0.05, 0.1) is 4.90 Å². The van der Waals surface area contributed by atoms with Crippen LogP contribution in [-0.2, 0) is 9.84 Å². The van der Waals surface area contributed by atoms with E-state index in [1.807, 2.05) is 19.1 Å². The molecule has 0 saturated heterocycles. The number of rotatable bonds is 3. The molecule has 1 N–H and O–H groups in total. The minimum absolute atomic E-state index is 0.428. The molecule has 3 nitrogen and oxygen atoms in total. The van der Waals surface area contributed by atoms with Crippen LogP contribution in [0.2, 0.25) is 0 Å². The average molecular weight is 239 g/mol. The summed E-state index contributed by atoms with van der Waals surface area (Å²) in [7, 11) is -3.12. The number of aryl methyl sites for hydroxylation is 1. The van der Waals surface area contributed by atoms with E-state index in [1.54, 1.807) is 6.07 Å². The van der Waals surface area contributed by atoms with Crippen molar-refractivity contribution in [3.8, 4) is 0 Å². The topological polar surface area (TPSA) is 46.2 Å². The SMILES string of the molecule is Cc1ccc(NC2CCC2)cc1S(C)(=O)=O. The molecule has 0 atom stereocenters. The van der Waals surface area contributed by atoms with E-state index < -0.39 is 9.84 Å². The van der Waals surface area contributed by atoms with Crippen molar-refractivity contribution in [2.24, 2.45) is 0 Å². The summed E-state index contributed by atoms with van der Waals surface area (Å²) < 4.78 is 23.1. The quantitative estimate of drug-likeness (QED) is 0.880. The van der Waals surface area contributed by atoms with Crippen LogP contribution in [0.1, 0.15) is 24.8 Å². The van der Waals surface area contributed by atoms with Gasteiger partial charge in [-0.2, -0.15) is 0 Å². The highest BCUT2D eigenvalue weighted by Crippen LogP contribution is 2.25. The summed E-state index contributed by atoms with van der Waals surface area (Å²) in [6.45, 7) is 1.82. The molecule has 0 aliphatic heterocycles. The molecular weight excluding hydrogens is 222 g/mol. The van der Waals surface area contributed by atoms with E-state index in [1.165, 1.54) is 25.5 Å². The van der Waals surface area contributed by atoms with Crippen molar-refractivity contribution in [2.45, 2.75) is 37.1 Å². The van der Waals surface area contributed by atoms with Gasteiger partial charge in [-0.1, -0.05) is 6.07 Å². The Morgan fingerprint density at radius 1 is 1.31 bits per heavy atom. The van der Waals surface area contributed by atoms with Crippen molar-refractivity contribution in [1.82, 2.24) is 0 Å². The van der Waals surface area contributed by atoms with E-state index >= 15 is 0 Å². The van der Waals surface area contributed by atoms with Crippen molar-refractivity contribution in [2.75, 3.05) is 11.6 Å². The smallest absolute Gasteiger partial charge is 0.175 e. The van der Waals surface area contributed by atoms with Gasteiger partial charge in [-0.25, -0.2) is 8.42 Å². The first kappa shape index (κ1) is 11.5. The first-order valence-corrected chi connectivity index (χ1v) is 7.43. The molecule has 88 valence electrons. The van der Waals surface area contributed by atoms with Crippen molar-refractivity contribution in [3.63, 3.8) is 0 Å². The Balaban J connectivity index is 2.27. The lowest BCUT2D eigenvalue weighted by Gasteiger charge is -2.27. The first-order chi connectivity index (χ1) is 7.47. The number of nitrogens with one attached hydrogen (secondary N) is 1. The van der Waals surface area contributed by atoms with Crippen LogP contribution >= 0.6 is 0 Å². The molecule has 0 unspecified atom stereocenters. The molecule has 0 aromatic heterocycles. The predicted octanol–water partition coefficient (Wildman–Crippen LogP) is 2.36. The van der Waals surface area contributed by atoms with Crippen molar-refractivity contribution in [1.29, 1.82) is 0 Å². The molecule has 0 heterocycles. The fourth-order valence-electron chi connectivity index (χ4n) is 1.88. The summed E-state index contributed by atoms with van der Waals surface area (Å²) in [5.74, 6) is 0. The van der Waals surface area contributed by atoms with Gasteiger partial charge in [-0.05, 0) is 43.9 Å². The standard InChI is InChI=1S/C12H17NO2S/c1-9-6-7-11(13-10-4-3-5-10)8-12(9)16(2,14)15/h6-8,10,13H,3-5H2,1-2H3. The Kier molecular flexibility index (Phi) is 2.93. The lowest BCUT2D eigenvalue weighted by atomic mass is 9.93. The first-order valence-electron chi connectivity index (χ1n) is 5.54. The molecule has 1 aromatic carbocycles. The van der Waals surface area contributed by atoms with Crippen LogP contribution in [-0.4, -0.2) is 20.7 Å². The summed E-state index contributed by atoms with van der Waals surface area (Å²) in [4.78, 5) is 0.428.